The number of halogens is 2. The minimum absolute atomic E-state index is 0.158. The molecular weight excluding hydrogens is 365 g/mol. The summed E-state index contributed by atoms with van der Waals surface area (Å²) < 4.78 is 6.50. The van der Waals surface area contributed by atoms with E-state index in [-0.39, 0.29) is 5.28 Å². The summed E-state index contributed by atoms with van der Waals surface area (Å²) >= 11 is 7.84. The highest BCUT2D eigenvalue weighted by Crippen LogP contribution is 2.21. The van der Waals surface area contributed by atoms with Crippen LogP contribution in [0.5, 0.6) is 5.88 Å². The van der Waals surface area contributed by atoms with Crippen LogP contribution in [0.15, 0.2) is 30.5 Å². The second-order valence-electron chi connectivity index (χ2n) is 3.34. The zero-order valence-corrected chi connectivity index (χ0v) is 12.0. The van der Waals surface area contributed by atoms with Crippen molar-refractivity contribution in [3.63, 3.8) is 0 Å². The average molecular weight is 372 g/mol. The maximum absolute atomic E-state index is 6.93. The SMILES string of the molecule is [C-]#[N+]c1ccc(COc2ccnc(Cl)n2)c(I)c1. The standard InChI is InChI=1S/C12H7ClIN3O/c1-15-9-3-2-8(10(14)6-9)7-18-11-4-5-16-12(13)17-11/h2-6H,7H2. The van der Waals surface area contributed by atoms with E-state index in [1.165, 1.54) is 6.20 Å². The van der Waals surface area contributed by atoms with Gasteiger partial charge in [0.05, 0.1) is 6.57 Å². The van der Waals surface area contributed by atoms with Gasteiger partial charge in [0.1, 0.15) is 6.61 Å². The molecule has 0 N–H and O–H groups in total. The molecule has 0 spiro atoms. The van der Waals surface area contributed by atoms with Crippen LogP contribution in [0, 0.1) is 10.1 Å². The Hall–Kier alpha value is -1.39. The van der Waals surface area contributed by atoms with Crippen molar-refractivity contribution in [1.29, 1.82) is 0 Å². The number of nitrogens with zero attached hydrogens (tertiary/aromatic N) is 3. The molecule has 2 rings (SSSR count). The van der Waals surface area contributed by atoms with Gasteiger partial charge in [-0.25, -0.2) is 9.83 Å². The Morgan fingerprint density at radius 2 is 2.22 bits per heavy atom. The van der Waals surface area contributed by atoms with E-state index in [1.807, 2.05) is 12.1 Å². The Bertz CT molecular complexity index is 613. The lowest BCUT2D eigenvalue weighted by molar-refractivity contribution is 0.292. The van der Waals surface area contributed by atoms with Gasteiger partial charge in [0.25, 0.3) is 0 Å². The molecule has 0 amide bonds. The minimum Gasteiger partial charge on any atom is -0.473 e. The quantitative estimate of drug-likeness (QED) is 0.467. The van der Waals surface area contributed by atoms with Gasteiger partial charge in [0.15, 0.2) is 5.69 Å². The number of ether oxygens (including phenoxy) is 1. The topological polar surface area (TPSA) is 39.4 Å². The summed E-state index contributed by atoms with van der Waals surface area (Å²) in [6.45, 7) is 7.31. The van der Waals surface area contributed by atoms with E-state index < -0.39 is 0 Å². The van der Waals surface area contributed by atoms with Gasteiger partial charge in [-0.1, -0.05) is 12.1 Å². The van der Waals surface area contributed by atoms with Crippen molar-refractivity contribution in [2.45, 2.75) is 6.61 Å². The molecule has 0 fully saturated rings. The van der Waals surface area contributed by atoms with Gasteiger partial charge >= 0.3 is 0 Å². The molecule has 1 aromatic carbocycles. The number of aromatic nitrogens is 2. The van der Waals surface area contributed by atoms with Crippen LogP contribution in [0.1, 0.15) is 5.56 Å². The van der Waals surface area contributed by atoms with E-state index in [0.717, 1.165) is 9.13 Å². The van der Waals surface area contributed by atoms with Crippen molar-refractivity contribution in [3.8, 4) is 5.88 Å². The van der Waals surface area contributed by atoms with Crippen molar-refractivity contribution in [1.82, 2.24) is 9.97 Å². The largest absolute Gasteiger partial charge is 0.473 e. The van der Waals surface area contributed by atoms with E-state index in [1.54, 1.807) is 12.1 Å². The normalized spacial score (nSPS) is 9.83. The summed E-state index contributed by atoms with van der Waals surface area (Å²) in [6.07, 6.45) is 1.54. The van der Waals surface area contributed by atoms with Crippen LogP contribution in [0.4, 0.5) is 5.69 Å². The molecular formula is C12H7ClIN3O. The van der Waals surface area contributed by atoms with Crippen molar-refractivity contribution >= 4 is 39.9 Å². The summed E-state index contributed by atoms with van der Waals surface area (Å²) in [5, 5.41) is 0.158. The highest BCUT2D eigenvalue weighted by atomic mass is 127. The summed E-state index contributed by atoms with van der Waals surface area (Å²) in [6, 6.07) is 7.10. The lowest BCUT2D eigenvalue weighted by atomic mass is 10.2. The van der Waals surface area contributed by atoms with Gasteiger partial charge in [0.2, 0.25) is 11.2 Å². The van der Waals surface area contributed by atoms with Crippen molar-refractivity contribution in [2.24, 2.45) is 0 Å². The lowest BCUT2D eigenvalue weighted by Crippen LogP contribution is -1.99. The van der Waals surface area contributed by atoms with Crippen LogP contribution in [-0.2, 0) is 6.61 Å². The predicted octanol–water partition coefficient (Wildman–Crippen LogP) is 3.86. The lowest BCUT2D eigenvalue weighted by Gasteiger charge is -2.07. The highest BCUT2D eigenvalue weighted by molar-refractivity contribution is 14.1. The first-order valence-electron chi connectivity index (χ1n) is 4.96. The second kappa shape index (κ2) is 5.98. The molecule has 0 bridgehead atoms. The first kappa shape index (κ1) is 13.1. The molecule has 0 atom stereocenters. The number of rotatable bonds is 3. The molecule has 6 heteroatoms. The second-order valence-corrected chi connectivity index (χ2v) is 4.84. The van der Waals surface area contributed by atoms with E-state index in [2.05, 4.69) is 37.4 Å². The van der Waals surface area contributed by atoms with Crippen molar-refractivity contribution < 1.29 is 4.74 Å². The van der Waals surface area contributed by atoms with E-state index >= 15 is 0 Å². The first-order chi connectivity index (χ1) is 8.69. The number of hydrogen-bond acceptors (Lipinski definition) is 3. The van der Waals surface area contributed by atoms with Crippen LogP contribution >= 0.6 is 34.2 Å². The molecule has 0 radical (unpaired) electrons. The summed E-state index contributed by atoms with van der Waals surface area (Å²) in [7, 11) is 0. The molecule has 0 aliphatic heterocycles. The van der Waals surface area contributed by atoms with Gasteiger partial charge in [-0.3, -0.25) is 0 Å². The number of hydrogen-bond donors (Lipinski definition) is 0. The Morgan fingerprint density at radius 3 is 2.89 bits per heavy atom. The molecule has 0 unspecified atom stereocenters. The molecule has 0 saturated heterocycles. The zero-order valence-electron chi connectivity index (χ0n) is 9.10. The molecule has 18 heavy (non-hydrogen) atoms. The molecule has 0 aliphatic rings. The predicted molar refractivity (Wildman–Crippen MR) is 76.8 cm³/mol. The van der Waals surface area contributed by atoms with Crippen molar-refractivity contribution in [2.75, 3.05) is 0 Å². The fourth-order valence-electron chi connectivity index (χ4n) is 1.27. The van der Waals surface area contributed by atoms with Crippen molar-refractivity contribution in [3.05, 3.63) is 56.3 Å². The molecule has 2 aromatic rings. The van der Waals surface area contributed by atoms with E-state index in [9.17, 15) is 0 Å². The summed E-state index contributed by atoms with van der Waals surface area (Å²) in [5.74, 6) is 0.431. The maximum Gasteiger partial charge on any atom is 0.225 e. The number of benzene rings is 1. The van der Waals surface area contributed by atoms with E-state index in [0.29, 0.717) is 18.2 Å². The zero-order chi connectivity index (χ0) is 13.0. The van der Waals surface area contributed by atoms with Crippen LogP contribution < -0.4 is 4.74 Å². The summed E-state index contributed by atoms with van der Waals surface area (Å²) in [4.78, 5) is 11.1. The van der Waals surface area contributed by atoms with Crippen LogP contribution in [0.25, 0.3) is 4.85 Å². The summed E-state index contributed by atoms with van der Waals surface area (Å²) in [5.41, 5.74) is 1.62. The molecule has 0 saturated carbocycles. The third-order valence-corrected chi connectivity index (χ3v) is 3.33. The van der Waals surface area contributed by atoms with Gasteiger partial charge < -0.3 is 4.74 Å². The minimum atomic E-state index is 0.158. The third-order valence-electron chi connectivity index (χ3n) is 2.14. The molecule has 0 aliphatic carbocycles. The Kier molecular flexibility index (Phi) is 4.33. The van der Waals surface area contributed by atoms with Gasteiger partial charge in [0, 0.05) is 21.4 Å². The molecule has 1 heterocycles. The van der Waals surface area contributed by atoms with E-state index in [4.69, 9.17) is 22.9 Å². The maximum atomic E-state index is 6.93. The molecule has 90 valence electrons. The Morgan fingerprint density at radius 1 is 1.39 bits per heavy atom. The Labute approximate surface area is 123 Å². The fraction of sp³-hybridized carbons (Fsp3) is 0.0833. The van der Waals surface area contributed by atoms with Gasteiger partial charge in [-0.2, -0.15) is 4.98 Å². The van der Waals surface area contributed by atoms with Gasteiger partial charge in [-0.05, 0) is 40.3 Å². The smallest absolute Gasteiger partial charge is 0.225 e. The van der Waals surface area contributed by atoms with Gasteiger partial charge in [-0.15, -0.1) is 0 Å². The van der Waals surface area contributed by atoms with Crippen LogP contribution in [-0.4, -0.2) is 9.97 Å². The third kappa shape index (κ3) is 3.31. The van der Waals surface area contributed by atoms with Crippen LogP contribution in [0.3, 0.4) is 0 Å². The molecule has 1 aromatic heterocycles. The first-order valence-corrected chi connectivity index (χ1v) is 6.42. The monoisotopic (exact) mass is 371 g/mol. The fourth-order valence-corrected chi connectivity index (χ4v) is 2.07. The van der Waals surface area contributed by atoms with Crippen LogP contribution in [0.2, 0.25) is 5.28 Å². The average Bonchev–Trinajstić information content (AvgIpc) is 2.37. The highest BCUT2D eigenvalue weighted by Gasteiger charge is 2.03. The Balaban J connectivity index is 2.09. The molecule has 4 nitrogen and oxygen atoms in total.